The number of carbonyl (C=O) groups excluding carboxylic acids is 2. The first-order valence-corrected chi connectivity index (χ1v) is 8.11. The molecule has 3 amide bonds. The highest BCUT2D eigenvalue weighted by Crippen LogP contribution is 2.34. The summed E-state index contributed by atoms with van der Waals surface area (Å²) in [5.41, 5.74) is 1.17. The normalized spacial score (nSPS) is 18.1. The zero-order valence-corrected chi connectivity index (χ0v) is 13.7. The molecule has 0 radical (unpaired) electrons. The van der Waals surface area contributed by atoms with Crippen LogP contribution in [0.15, 0.2) is 42.5 Å². The third-order valence-corrected chi connectivity index (χ3v) is 4.23. The minimum absolute atomic E-state index is 0.120. The van der Waals surface area contributed by atoms with E-state index in [1.54, 1.807) is 30.3 Å². The first kappa shape index (κ1) is 16.2. The van der Waals surface area contributed by atoms with Crippen LogP contribution in [-0.2, 0) is 4.79 Å². The lowest BCUT2D eigenvalue weighted by Crippen LogP contribution is -2.39. The maximum absolute atomic E-state index is 13.0. The van der Waals surface area contributed by atoms with Gasteiger partial charge in [-0.25, -0.2) is 9.18 Å². The number of benzene rings is 2. The van der Waals surface area contributed by atoms with Crippen molar-refractivity contribution in [1.29, 1.82) is 0 Å². The Kier molecular flexibility index (Phi) is 4.08. The fourth-order valence-electron chi connectivity index (χ4n) is 3.00. The molecular weight excluding hydrogens is 341 g/mol. The van der Waals surface area contributed by atoms with Crippen LogP contribution < -0.4 is 25.0 Å². The third kappa shape index (κ3) is 3.26. The summed E-state index contributed by atoms with van der Waals surface area (Å²) >= 11 is 0. The zero-order valence-electron chi connectivity index (χ0n) is 13.7. The predicted molar refractivity (Wildman–Crippen MR) is 91.9 cm³/mol. The van der Waals surface area contributed by atoms with Crippen molar-refractivity contribution in [3.8, 4) is 11.5 Å². The van der Waals surface area contributed by atoms with E-state index in [1.165, 1.54) is 17.0 Å². The van der Waals surface area contributed by atoms with Crippen LogP contribution >= 0.6 is 0 Å². The van der Waals surface area contributed by atoms with Crippen LogP contribution in [-0.4, -0.2) is 31.3 Å². The summed E-state index contributed by atoms with van der Waals surface area (Å²) in [7, 11) is 0. The summed E-state index contributed by atoms with van der Waals surface area (Å²) in [6.07, 6.45) is 0.186. The smallest absolute Gasteiger partial charge is 0.319 e. The van der Waals surface area contributed by atoms with E-state index in [-0.39, 0.29) is 31.0 Å². The lowest BCUT2D eigenvalue weighted by Gasteiger charge is -2.17. The van der Waals surface area contributed by atoms with Gasteiger partial charge < -0.3 is 25.0 Å². The minimum atomic E-state index is -0.414. The van der Waals surface area contributed by atoms with Crippen molar-refractivity contribution in [3.63, 3.8) is 0 Å². The third-order valence-electron chi connectivity index (χ3n) is 4.23. The van der Waals surface area contributed by atoms with Gasteiger partial charge in [-0.3, -0.25) is 4.79 Å². The Morgan fingerprint density at radius 3 is 2.69 bits per heavy atom. The van der Waals surface area contributed by atoms with Crippen LogP contribution in [0.5, 0.6) is 11.5 Å². The lowest BCUT2D eigenvalue weighted by atomic mass is 10.2. The van der Waals surface area contributed by atoms with Crippen LogP contribution in [0.4, 0.5) is 20.6 Å². The number of fused-ring (bicyclic) bond motifs is 1. The molecule has 0 aromatic heterocycles. The van der Waals surface area contributed by atoms with Crippen LogP contribution in [0.2, 0.25) is 0 Å². The van der Waals surface area contributed by atoms with Gasteiger partial charge in [0.15, 0.2) is 11.5 Å². The molecule has 0 unspecified atom stereocenters. The monoisotopic (exact) mass is 357 g/mol. The Labute approximate surface area is 148 Å². The summed E-state index contributed by atoms with van der Waals surface area (Å²) in [5.74, 6) is 0.719. The average molecular weight is 357 g/mol. The number of anilines is 2. The Hall–Kier alpha value is -3.29. The molecule has 0 aliphatic carbocycles. The first-order valence-electron chi connectivity index (χ1n) is 8.11. The number of hydrogen-bond donors (Lipinski definition) is 2. The topological polar surface area (TPSA) is 79.9 Å². The molecule has 1 fully saturated rings. The molecule has 8 heteroatoms. The van der Waals surface area contributed by atoms with E-state index in [0.717, 1.165) is 0 Å². The van der Waals surface area contributed by atoms with E-state index in [0.29, 0.717) is 29.4 Å². The van der Waals surface area contributed by atoms with Gasteiger partial charge in [0.2, 0.25) is 12.7 Å². The number of nitrogens with one attached hydrogen (secondary N) is 2. The van der Waals surface area contributed by atoms with Crippen LogP contribution in [0.1, 0.15) is 6.42 Å². The molecule has 2 aromatic rings. The van der Waals surface area contributed by atoms with Gasteiger partial charge in [0.05, 0.1) is 6.04 Å². The molecule has 0 saturated carbocycles. The largest absolute Gasteiger partial charge is 0.454 e. The summed E-state index contributed by atoms with van der Waals surface area (Å²) in [6.45, 7) is 0.493. The van der Waals surface area contributed by atoms with Crippen LogP contribution in [0.3, 0.4) is 0 Å². The van der Waals surface area contributed by atoms with E-state index in [2.05, 4.69) is 10.6 Å². The zero-order chi connectivity index (χ0) is 18.1. The van der Waals surface area contributed by atoms with Crippen molar-refractivity contribution in [2.45, 2.75) is 12.5 Å². The highest BCUT2D eigenvalue weighted by Gasteiger charge is 2.31. The van der Waals surface area contributed by atoms with Crippen molar-refractivity contribution in [1.82, 2.24) is 5.32 Å². The molecule has 4 rings (SSSR count). The lowest BCUT2D eigenvalue weighted by molar-refractivity contribution is -0.117. The van der Waals surface area contributed by atoms with Crippen molar-refractivity contribution >= 4 is 23.3 Å². The maximum Gasteiger partial charge on any atom is 0.319 e. The highest BCUT2D eigenvalue weighted by molar-refractivity contribution is 5.97. The summed E-state index contributed by atoms with van der Waals surface area (Å²) in [4.78, 5) is 25.9. The Morgan fingerprint density at radius 1 is 1.12 bits per heavy atom. The van der Waals surface area contributed by atoms with Gasteiger partial charge >= 0.3 is 6.03 Å². The summed E-state index contributed by atoms with van der Waals surface area (Å²) in [6, 6.07) is 10.0. The molecule has 7 nitrogen and oxygen atoms in total. The van der Waals surface area contributed by atoms with Crippen LogP contribution in [0, 0.1) is 5.82 Å². The molecule has 2 N–H and O–H groups in total. The number of urea groups is 1. The van der Waals surface area contributed by atoms with Gasteiger partial charge in [0, 0.05) is 30.4 Å². The molecule has 0 bridgehead atoms. The molecule has 2 aromatic carbocycles. The van der Waals surface area contributed by atoms with Crippen molar-refractivity contribution in [3.05, 3.63) is 48.3 Å². The summed E-state index contributed by atoms with van der Waals surface area (Å²) < 4.78 is 23.5. The number of halogens is 1. The van der Waals surface area contributed by atoms with Gasteiger partial charge in [0.1, 0.15) is 5.82 Å². The molecule has 26 heavy (non-hydrogen) atoms. The molecule has 0 spiro atoms. The summed E-state index contributed by atoms with van der Waals surface area (Å²) in [5, 5.41) is 5.49. The van der Waals surface area contributed by atoms with Gasteiger partial charge in [-0.15, -0.1) is 0 Å². The standard InChI is InChI=1S/C18H16FN3O4/c19-11-1-4-14(5-2-11)22-9-13(8-17(22)23)21-18(24)20-12-3-6-15-16(7-12)26-10-25-15/h1-7,13H,8-10H2,(H2,20,21,24)/t13-/m1/s1. The average Bonchev–Trinajstić information content (AvgIpc) is 3.21. The predicted octanol–water partition coefficient (Wildman–Crippen LogP) is 2.48. The van der Waals surface area contributed by atoms with Crippen molar-refractivity contribution < 1.29 is 23.5 Å². The van der Waals surface area contributed by atoms with E-state index < -0.39 is 6.03 Å². The fraction of sp³-hybridized carbons (Fsp3) is 0.222. The van der Waals surface area contributed by atoms with E-state index in [1.807, 2.05) is 0 Å². The maximum atomic E-state index is 13.0. The molecular formula is C18H16FN3O4. The van der Waals surface area contributed by atoms with E-state index >= 15 is 0 Å². The first-order chi connectivity index (χ1) is 12.6. The number of carbonyl (C=O) groups is 2. The Morgan fingerprint density at radius 2 is 1.88 bits per heavy atom. The number of nitrogens with zero attached hydrogens (tertiary/aromatic N) is 1. The van der Waals surface area contributed by atoms with Crippen molar-refractivity contribution in [2.24, 2.45) is 0 Å². The van der Waals surface area contributed by atoms with Gasteiger partial charge in [0.25, 0.3) is 0 Å². The van der Waals surface area contributed by atoms with E-state index in [4.69, 9.17) is 9.47 Å². The Bertz CT molecular complexity index is 856. The molecule has 1 atom stereocenters. The number of ether oxygens (including phenoxy) is 2. The number of amides is 3. The quantitative estimate of drug-likeness (QED) is 0.884. The molecule has 2 aliphatic heterocycles. The van der Waals surface area contributed by atoms with Gasteiger partial charge in [-0.05, 0) is 36.4 Å². The Balaban J connectivity index is 1.36. The highest BCUT2D eigenvalue weighted by atomic mass is 19.1. The number of hydrogen-bond acceptors (Lipinski definition) is 4. The second-order valence-corrected chi connectivity index (χ2v) is 6.05. The van der Waals surface area contributed by atoms with Gasteiger partial charge in [-0.2, -0.15) is 0 Å². The van der Waals surface area contributed by atoms with E-state index in [9.17, 15) is 14.0 Å². The van der Waals surface area contributed by atoms with Crippen molar-refractivity contribution in [2.75, 3.05) is 23.6 Å². The molecule has 1 saturated heterocycles. The molecule has 134 valence electrons. The second kappa shape index (κ2) is 6.55. The molecule has 2 aliphatic rings. The minimum Gasteiger partial charge on any atom is -0.454 e. The van der Waals surface area contributed by atoms with Gasteiger partial charge in [-0.1, -0.05) is 0 Å². The number of rotatable bonds is 3. The molecule has 2 heterocycles. The fourth-order valence-corrected chi connectivity index (χ4v) is 3.00. The van der Waals surface area contributed by atoms with Crippen LogP contribution in [0.25, 0.3) is 0 Å². The second-order valence-electron chi connectivity index (χ2n) is 6.05. The SMILES string of the molecule is O=C(Nc1ccc2c(c1)OCO2)N[C@@H]1CC(=O)N(c2ccc(F)cc2)C1.